The van der Waals surface area contributed by atoms with Crippen molar-refractivity contribution in [2.75, 3.05) is 0 Å². The molecule has 0 atom stereocenters. The van der Waals surface area contributed by atoms with Crippen LogP contribution in [0.3, 0.4) is 0 Å². The van der Waals surface area contributed by atoms with Gasteiger partial charge in [-0.1, -0.05) is 4.36 Å². The largest absolute Gasteiger partial charge is 0.353 e. The van der Waals surface area contributed by atoms with Crippen LogP contribution in [0.5, 0.6) is 0 Å². The number of tetrazole rings is 1. The molecule has 0 saturated carbocycles. The summed E-state index contributed by atoms with van der Waals surface area (Å²) in [7, 11) is -2.70. The molecule has 0 fully saturated rings. The summed E-state index contributed by atoms with van der Waals surface area (Å²) in [4.78, 5) is 9.47. The summed E-state index contributed by atoms with van der Waals surface area (Å²) in [6.07, 6.45) is 1.40. The molecule has 0 aliphatic carbocycles. The van der Waals surface area contributed by atoms with Crippen LogP contribution in [0.4, 0.5) is 4.79 Å². The molecular formula is C2H4N6O3S. The smallest absolute Gasteiger partial charge is 0.349 e. The van der Waals surface area contributed by atoms with E-state index in [4.69, 9.17) is 0 Å². The fraction of sp³-hybridized carbons (Fsp3) is 0. The van der Waals surface area contributed by atoms with Gasteiger partial charge in [-0.3, -0.25) is 0 Å². The number of hydrogen-bond acceptors (Lipinski definition) is 6. The number of nitrogens with one attached hydrogen (secondary N) is 1. The van der Waals surface area contributed by atoms with E-state index in [-0.39, 0.29) is 0 Å². The Balaban J connectivity index is 0.000000211. The standard InChI is InChI=1S/CH2N4.CH2N2O3S/c1-2-4-5-3-1;2-1(4)3-7(5)6/h1H,(H,2,3,4,5);(H2,2,4). The number of rotatable bonds is 0. The van der Waals surface area contributed by atoms with E-state index in [0.717, 1.165) is 0 Å². The Kier molecular flexibility index (Phi) is 5.00. The molecule has 3 N–H and O–H groups in total. The minimum absolute atomic E-state index is 1.20. The van der Waals surface area contributed by atoms with Crippen LogP contribution in [-0.2, 0) is 10.5 Å². The highest BCUT2D eigenvalue weighted by molar-refractivity contribution is 7.62. The molecule has 12 heavy (non-hydrogen) atoms. The minimum Gasteiger partial charge on any atom is -0.349 e. The number of nitrogens with zero attached hydrogens (tertiary/aromatic N) is 4. The Labute approximate surface area is 67.7 Å². The van der Waals surface area contributed by atoms with Crippen molar-refractivity contribution in [2.24, 2.45) is 10.1 Å². The van der Waals surface area contributed by atoms with Crippen molar-refractivity contribution in [2.45, 2.75) is 0 Å². The lowest BCUT2D eigenvalue weighted by Crippen LogP contribution is -2.02. The normalized spacial score (nSPS) is 7.67. The van der Waals surface area contributed by atoms with Crippen LogP contribution in [0.15, 0.2) is 10.7 Å². The number of urea groups is 1. The van der Waals surface area contributed by atoms with Gasteiger partial charge in [0.05, 0.1) is 0 Å². The lowest BCUT2D eigenvalue weighted by atomic mass is 11.2. The van der Waals surface area contributed by atoms with Crippen LogP contribution >= 0.6 is 0 Å². The first-order chi connectivity index (χ1) is 5.63. The van der Waals surface area contributed by atoms with Crippen LogP contribution < -0.4 is 5.73 Å². The molecule has 0 saturated heterocycles. The SMILES string of the molecule is NC(=O)N=S(=O)=O.c1nnn[nH]1. The molecule has 66 valence electrons. The van der Waals surface area contributed by atoms with Crippen molar-refractivity contribution in [3.8, 4) is 0 Å². The Morgan fingerprint density at radius 2 is 2.25 bits per heavy atom. The zero-order chi connectivity index (χ0) is 9.40. The maximum atomic E-state index is 9.47. The zero-order valence-corrected chi connectivity index (χ0v) is 6.39. The molecule has 0 aromatic carbocycles. The minimum atomic E-state index is -2.70. The Morgan fingerprint density at radius 3 is 2.33 bits per heavy atom. The highest BCUT2D eigenvalue weighted by atomic mass is 32.2. The van der Waals surface area contributed by atoms with E-state index in [1.165, 1.54) is 6.33 Å². The molecular weight excluding hydrogens is 188 g/mol. The highest BCUT2D eigenvalue weighted by Crippen LogP contribution is 1.60. The van der Waals surface area contributed by atoms with Gasteiger partial charge in [0, 0.05) is 0 Å². The number of aromatic nitrogens is 4. The Morgan fingerprint density at radius 1 is 1.58 bits per heavy atom. The van der Waals surface area contributed by atoms with Crippen molar-refractivity contribution in [3.05, 3.63) is 6.33 Å². The lowest BCUT2D eigenvalue weighted by molar-refractivity contribution is 0.257. The molecule has 1 aromatic heterocycles. The number of aromatic amines is 1. The van der Waals surface area contributed by atoms with Crippen LogP contribution in [0.2, 0.25) is 0 Å². The van der Waals surface area contributed by atoms with E-state index in [9.17, 15) is 13.2 Å². The van der Waals surface area contributed by atoms with E-state index >= 15 is 0 Å². The summed E-state index contributed by atoms with van der Waals surface area (Å²) in [5.41, 5.74) is 4.29. The average molecular weight is 192 g/mol. The summed E-state index contributed by atoms with van der Waals surface area (Å²) < 4.78 is 21.0. The number of carbonyl (C=O) groups excluding carboxylic acids is 1. The predicted octanol–water partition coefficient (Wildman–Crippen LogP) is -1.67. The fourth-order valence-corrected chi connectivity index (χ4v) is 0.349. The average Bonchev–Trinajstić information content (AvgIpc) is 2.36. The van der Waals surface area contributed by atoms with Crippen LogP contribution in [0, 0.1) is 0 Å². The number of H-pyrrole nitrogens is 1. The van der Waals surface area contributed by atoms with E-state index < -0.39 is 16.5 Å². The van der Waals surface area contributed by atoms with Gasteiger partial charge >= 0.3 is 16.5 Å². The predicted molar refractivity (Wildman–Crippen MR) is 35.1 cm³/mol. The maximum absolute atomic E-state index is 9.47. The van der Waals surface area contributed by atoms with E-state index in [1.54, 1.807) is 0 Å². The van der Waals surface area contributed by atoms with E-state index in [2.05, 4.69) is 30.7 Å². The third kappa shape index (κ3) is 8.16. The second kappa shape index (κ2) is 5.91. The molecule has 1 heterocycles. The quantitative estimate of drug-likeness (QED) is 0.502. The molecule has 0 radical (unpaired) electrons. The van der Waals surface area contributed by atoms with Crippen molar-refractivity contribution >= 4 is 16.5 Å². The van der Waals surface area contributed by atoms with Gasteiger partial charge in [-0.15, -0.1) is 5.10 Å². The summed E-state index contributed by atoms with van der Waals surface area (Å²) in [6.45, 7) is 0. The summed E-state index contributed by atoms with van der Waals surface area (Å²) >= 11 is 0. The first-order valence-electron chi connectivity index (χ1n) is 2.40. The fourth-order valence-electron chi connectivity index (χ4n) is 0.203. The Hall–Kier alpha value is -1.84. The summed E-state index contributed by atoms with van der Waals surface area (Å²) in [6, 6.07) is -1.20. The third-order valence-electron chi connectivity index (χ3n) is 0.434. The topological polar surface area (TPSA) is 144 Å². The summed E-state index contributed by atoms with van der Waals surface area (Å²) in [5, 5.41) is 12.1. The molecule has 9 nitrogen and oxygen atoms in total. The highest BCUT2D eigenvalue weighted by Gasteiger charge is 1.80. The molecule has 1 aromatic rings. The Bertz CT molecular complexity index is 314. The maximum Gasteiger partial charge on any atom is 0.353 e. The zero-order valence-electron chi connectivity index (χ0n) is 5.58. The lowest BCUT2D eigenvalue weighted by Gasteiger charge is -1.64. The van der Waals surface area contributed by atoms with Crippen LogP contribution in [0.1, 0.15) is 0 Å². The van der Waals surface area contributed by atoms with Crippen LogP contribution in [0.25, 0.3) is 0 Å². The summed E-state index contributed by atoms with van der Waals surface area (Å²) in [5.74, 6) is 0. The molecule has 0 spiro atoms. The molecule has 0 aliphatic rings. The van der Waals surface area contributed by atoms with Crippen molar-refractivity contribution in [3.63, 3.8) is 0 Å². The van der Waals surface area contributed by atoms with Crippen molar-refractivity contribution in [1.29, 1.82) is 0 Å². The second-order valence-corrected chi connectivity index (χ2v) is 1.83. The second-order valence-electron chi connectivity index (χ2n) is 1.21. The van der Waals surface area contributed by atoms with Crippen LogP contribution in [-0.4, -0.2) is 35.1 Å². The van der Waals surface area contributed by atoms with Crippen molar-refractivity contribution < 1.29 is 13.2 Å². The van der Waals surface area contributed by atoms with Gasteiger partial charge in [-0.05, 0) is 10.4 Å². The van der Waals surface area contributed by atoms with Gasteiger partial charge in [-0.25, -0.2) is 9.89 Å². The number of carbonyl (C=O) groups is 1. The molecule has 0 aliphatic heterocycles. The molecule has 0 unspecified atom stereocenters. The number of nitrogens with two attached hydrogens (primary N) is 1. The molecule has 10 heteroatoms. The number of amides is 2. The van der Waals surface area contributed by atoms with Gasteiger partial charge in [0.1, 0.15) is 6.33 Å². The van der Waals surface area contributed by atoms with Gasteiger partial charge in [0.2, 0.25) is 0 Å². The van der Waals surface area contributed by atoms with Gasteiger partial charge in [0.15, 0.2) is 0 Å². The monoisotopic (exact) mass is 192 g/mol. The molecule has 1 rings (SSSR count). The first-order valence-corrected chi connectivity index (χ1v) is 3.43. The van der Waals surface area contributed by atoms with Gasteiger partial charge in [-0.2, -0.15) is 8.42 Å². The first kappa shape index (κ1) is 10.2. The number of hydrogen-bond donors (Lipinski definition) is 2. The third-order valence-corrected chi connectivity index (χ3v) is 0.763. The molecule has 2 amide bonds. The van der Waals surface area contributed by atoms with Gasteiger partial charge < -0.3 is 5.73 Å². The van der Waals surface area contributed by atoms with Crippen molar-refractivity contribution in [1.82, 2.24) is 20.6 Å². The van der Waals surface area contributed by atoms with E-state index in [1.807, 2.05) is 0 Å². The van der Waals surface area contributed by atoms with E-state index in [0.29, 0.717) is 0 Å². The number of primary amides is 1. The van der Waals surface area contributed by atoms with Gasteiger partial charge in [0.25, 0.3) is 0 Å². The molecule has 0 bridgehead atoms.